The lowest BCUT2D eigenvalue weighted by molar-refractivity contribution is -0.166. The van der Waals surface area contributed by atoms with Crippen LogP contribution >= 0.6 is 22.9 Å². The number of rotatable bonds is 11. The molecule has 2 aliphatic rings. The van der Waals surface area contributed by atoms with Gasteiger partial charge in [-0.3, -0.25) is 29.3 Å². The molecule has 1 fully saturated rings. The van der Waals surface area contributed by atoms with Crippen molar-refractivity contribution in [2.75, 3.05) is 21.1 Å². The first kappa shape index (κ1) is 53.8. The summed E-state index contributed by atoms with van der Waals surface area (Å²) in [6.07, 6.45) is -6.72. The highest BCUT2D eigenvalue weighted by atomic mass is 35.5. The highest BCUT2D eigenvalue weighted by Gasteiger charge is 2.43. The Balaban J connectivity index is 1.91. The number of carbonyl (C=O) groups excluding carboxylic acids is 6. The van der Waals surface area contributed by atoms with Crippen LogP contribution in [-0.4, -0.2) is 131 Å². The number of benzene rings is 1. The summed E-state index contributed by atoms with van der Waals surface area (Å²) in [5, 5.41) is 32.7. The zero-order valence-corrected chi connectivity index (χ0v) is 40.3. The number of carbonyl (C=O) groups is 6. The molecule has 20 heteroatoms. The number of nitriles is 1. The largest absolute Gasteiger partial charge is 0.451 e. The quantitative estimate of drug-likeness (QED) is 0.162. The SMILES string of the molecule is CC(C)C[C@@H]1NC(=O)[C@H](CC(C)C)N(C)C(=O)[C@H](CC(F)(F)F)NC(=O)[C@@H](CCC#N)OC(=O)[C@H](C)N(C)C(=O)[C@H](CC2=CCCC2)NC(O)[C@H](Cc2csc3ccc(Cl)cc23)N(C)C1=O. The number of esters is 1. The van der Waals surface area contributed by atoms with E-state index in [1.54, 1.807) is 26.0 Å². The summed E-state index contributed by atoms with van der Waals surface area (Å²) in [6.45, 7) is 8.43. The van der Waals surface area contributed by atoms with Crippen molar-refractivity contribution in [2.24, 2.45) is 11.8 Å². The number of nitrogens with one attached hydrogen (secondary N) is 3. The minimum atomic E-state index is -5.01. The van der Waals surface area contributed by atoms with Gasteiger partial charge in [0.25, 0.3) is 5.91 Å². The summed E-state index contributed by atoms with van der Waals surface area (Å²) in [4.78, 5) is 88.6. The number of halogens is 4. The fourth-order valence-electron chi connectivity index (χ4n) is 8.24. The van der Waals surface area contributed by atoms with E-state index in [1.165, 1.54) is 37.3 Å². The molecule has 15 nitrogen and oxygen atoms in total. The maximum Gasteiger partial charge on any atom is 0.391 e. The Bertz CT molecular complexity index is 2140. The Morgan fingerprint density at radius 2 is 1.55 bits per heavy atom. The molecule has 0 bridgehead atoms. The molecule has 2 heterocycles. The van der Waals surface area contributed by atoms with Crippen molar-refractivity contribution in [1.29, 1.82) is 5.26 Å². The molecule has 364 valence electrons. The first-order valence-corrected chi connectivity index (χ1v) is 23.5. The zero-order valence-electron chi connectivity index (χ0n) is 38.7. The van der Waals surface area contributed by atoms with Crippen LogP contribution in [0.1, 0.15) is 98.0 Å². The highest BCUT2D eigenvalue weighted by molar-refractivity contribution is 7.17. The molecule has 1 unspecified atom stereocenters. The van der Waals surface area contributed by atoms with Crippen molar-refractivity contribution in [3.8, 4) is 6.07 Å². The molecule has 0 spiro atoms. The summed E-state index contributed by atoms with van der Waals surface area (Å²) in [5.41, 5.74) is 1.64. The van der Waals surface area contributed by atoms with Gasteiger partial charge in [-0.15, -0.1) is 11.3 Å². The van der Waals surface area contributed by atoms with Crippen LogP contribution in [0.3, 0.4) is 0 Å². The van der Waals surface area contributed by atoms with Gasteiger partial charge in [0.2, 0.25) is 23.6 Å². The number of fused-ring (bicyclic) bond motifs is 1. The number of nitrogens with zero attached hydrogens (tertiary/aromatic N) is 4. The van der Waals surface area contributed by atoms with Gasteiger partial charge in [0.15, 0.2) is 6.10 Å². The van der Waals surface area contributed by atoms with Crippen molar-refractivity contribution in [3.05, 3.63) is 45.8 Å². The summed E-state index contributed by atoms with van der Waals surface area (Å²) in [7, 11) is 3.90. The monoisotopic (exact) mass is 965 g/mol. The van der Waals surface area contributed by atoms with E-state index >= 15 is 0 Å². The van der Waals surface area contributed by atoms with Gasteiger partial charge in [0.1, 0.15) is 30.4 Å². The lowest BCUT2D eigenvalue weighted by Crippen LogP contribution is -2.61. The van der Waals surface area contributed by atoms with Crippen molar-refractivity contribution < 1.29 is 51.8 Å². The number of aliphatic hydroxyl groups is 1. The molecule has 1 aromatic heterocycles. The molecule has 1 aliphatic heterocycles. The molecular weight excluding hydrogens is 903 g/mol. The number of hydrogen-bond donors (Lipinski definition) is 4. The van der Waals surface area contributed by atoms with E-state index in [4.69, 9.17) is 16.3 Å². The molecule has 0 saturated carbocycles. The van der Waals surface area contributed by atoms with Gasteiger partial charge < -0.3 is 35.2 Å². The molecule has 8 atom stereocenters. The summed E-state index contributed by atoms with van der Waals surface area (Å²) < 4.78 is 48.9. The maximum atomic E-state index is 14.9. The van der Waals surface area contributed by atoms with Crippen LogP contribution in [0.5, 0.6) is 0 Å². The molecule has 66 heavy (non-hydrogen) atoms. The average molecular weight is 967 g/mol. The standard InChI is InChI=1S/C46H63ClF3N7O8S/c1-25(2)18-32-43(62)57(8)36(21-29-24-66-38-16-15-30(47)22-31(29)38)40(59)53-33(20-28-12-9-10-13-28)42(61)55(6)27(5)45(64)65-37(14-11-17-51)41(60)54-34(23-46(48,49)50)44(63)56(7)35(19-26(3)4)39(58)52-32/h12,15-16,22,24-27,32-37,40,53,59H,9-11,13-14,18-21,23H2,1-8H3,(H,52,58)(H,54,60)/t27-,32-,33-,34-,35-,36-,37+,40?/m0/s1. The minimum absolute atomic E-state index is 0.0419. The third-order valence-corrected chi connectivity index (χ3v) is 13.3. The van der Waals surface area contributed by atoms with E-state index in [1.807, 2.05) is 37.4 Å². The predicted octanol–water partition coefficient (Wildman–Crippen LogP) is 5.62. The summed E-state index contributed by atoms with van der Waals surface area (Å²) in [5.74, 6) is -6.38. The second-order valence-electron chi connectivity index (χ2n) is 18.2. The van der Waals surface area contributed by atoms with Crippen LogP contribution in [0, 0.1) is 23.2 Å². The molecule has 4 N–H and O–H groups in total. The number of likely N-dealkylation sites (N-methyl/N-ethyl adjacent to an activating group) is 3. The Hall–Kier alpha value is -4.77. The van der Waals surface area contributed by atoms with Crippen molar-refractivity contribution in [3.63, 3.8) is 0 Å². The Morgan fingerprint density at radius 3 is 2.15 bits per heavy atom. The summed E-state index contributed by atoms with van der Waals surface area (Å²) in [6, 6.07) is -1.51. The van der Waals surface area contributed by atoms with Crippen molar-refractivity contribution >= 4 is 68.5 Å². The third kappa shape index (κ3) is 14.6. The molecule has 4 rings (SSSR count). The normalized spacial score (nSPS) is 26.3. The number of allylic oxidation sites excluding steroid dienone is 1. The van der Waals surface area contributed by atoms with Gasteiger partial charge >= 0.3 is 12.1 Å². The number of cyclic esters (lactones) is 1. The molecule has 2 aromatic rings. The number of hydrogen-bond acceptors (Lipinski definition) is 11. The molecule has 1 saturated heterocycles. The van der Waals surface area contributed by atoms with Gasteiger partial charge in [0, 0.05) is 43.7 Å². The highest BCUT2D eigenvalue weighted by Crippen LogP contribution is 2.32. The second kappa shape index (κ2) is 23.8. The van der Waals surface area contributed by atoms with Gasteiger partial charge in [-0.2, -0.15) is 18.4 Å². The number of aliphatic hydroxyl groups excluding tert-OH is 1. The Labute approximate surface area is 393 Å². The van der Waals surface area contributed by atoms with Gasteiger partial charge in [-0.05, 0) is 98.2 Å². The molecule has 1 aliphatic carbocycles. The zero-order chi connectivity index (χ0) is 49.2. The van der Waals surface area contributed by atoms with E-state index in [0.717, 1.165) is 50.9 Å². The fraction of sp³-hybridized carbons (Fsp3) is 0.630. The predicted molar refractivity (Wildman–Crippen MR) is 244 cm³/mol. The van der Waals surface area contributed by atoms with E-state index in [2.05, 4.69) is 16.0 Å². The van der Waals surface area contributed by atoms with E-state index < -0.39 is 103 Å². The lowest BCUT2D eigenvalue weighted by atomic mass is 9.97. The van der Waals surface area contributed by atoms with Crippen LogP contribution in [0.25, 0.3) is 10.1 Å². The maximum absolute atomic E-state index is 14.9. The molecule has 0 radical (unpaired) electrons. The van der Waals surface area contributed by atoms with Gasteiger partial charge in [0.05, 0.1) is 24.6 Å². The van der Waals surface area contributed by atoms with Crippen LogP contribution < -0.4 is 16.0 Å². The Morgan fingerprint density at radius 1 is 0.909 bits per heavy atom. The second-order valence-corrected chi connectivity index (χ2v) is 19.5. The van der Waals surface area contributed by atoms with Crippen LogP contribution in [0.2, 0.25) is 5.02 Å². The molecule has 1 aromatic carbocycles. The molecular formula is C46H63ClF3N7O8S. The number of thiophene rings is 1. The summed E-state index contributed by atoms with van der Waals surface area (Å²) >= 11 is 7.85. The van der Waals surface area contributed by atoms with E-state index in [0.29, 0.717) is 11.4 Å². The van der Waals surface area contributed by atoms with E-state index in [9.17, 15) is 52.3 Å². The fourth-order valence-corrected chi connectivity index (χ4v) is 9.37. The number of amides is 5. The minimum Gasteiger partial charge on any atom is -0.451 e. The van der Waals surface area contributed by atoms with Crippen molar-refractivity contribution in [1.82, 2.24) is 30.7 Å². The lowest BCUT2D eigenvalue weighted by Gasteiger charge is -2.38. The van der Waals surface area contributed by atoms with Crippen molar-refractivity contribution in [2.45, 2.75) is 154 Å². The van der Waals surface area contributed by atoms with E-state index in [-0.39, 0.29) is 43.9 Å². The van der Waals surface area contributed by atoms with Gasteiger partial charge in [-0.1, -0.05) is 50.9 Å². The smallest absolute Gasteiger partial charge is 0.391 e. The third-order valence-electron chi connectivity index (χ3n) is 12.0. The number of ether oxygens (including phenoxy) is 1. The topological polar surface area (TPSA) is 201 Å². The molecule has 5 amide bonds. The first-order valence-electron chi connectivity index (χ1n) is 22.2. The van der Waals surface area contributed by atoms with Crippen LogP contribution in [0.15, 0.2) is 35.2 Å². The number of alkyl halides is 3. The average Bonchev–Trinajstić information content (AvgIpc) is 3.91. The first-order chi connectivity index (χ1) is 30.9. The van der Waals surface area contributed by atoms with Gasteiger partial charge in [-0.25, -0.2) is 4.79 Å². The van der Waals surface area contributed by atoms with Crippen LogP contribution in [-0.2, 0) is 39.9 Å². The Kier molecular flexibility index (Phi) is 19.4. The van der Waals surface area contributed by atoms with Crippen LogP contribution in [0.4, 0.5) is 13.2 Å².